The topological polar surface area (TPSA) is 39.7 Å². The molecule has 1 aliphatic rings. The molecular formula is C15H33IN4S. The van der Waals surface area contributed by atoms with Gasteiger partial charge in [-0.25, -0.2) is 0 Å². The summed E-state index contributed by atoms with van der Waals surface area (Å²) in [6, 6.07) is 0. The van der Waals surface area contributed by atoms with Crippen molar-refractivity contribution < 1.29 is 0 Å². The zero-order chi connectivity index (χ0) is 15.2. The molecule has 0 spiro atoms. The Morgan fingerprint density at radius 2 is 2.00 bits per heavy atom. The summed E-state index contributed by atoms with van der Waals surface area (Å²) < 4.78 is 0.372. The molecule has 0 amide bonds. The second kappa shape index (κ2) is 9.45. The number of guanidine groups is 1. The van der Waals surface area contributed by atoms with E-state index in [2.05, 4.69) is 67.2 Å². The van der Waals surface area contributed by atoms with Gasteiger partial charge in [0.15, 0.2) is 5.96 Å². The van der Waals surface area contributed by atoms with Crippen LogP contribution in [0.3, 0.4) is 0 Å². The van der Waals surface area contributed by atoms with Gasteiger partial charge in [0.2, 0.25) is 0 Å². The number of nitrogens with zero attached hydrogens (tertiary/aromatic N) is 2. The van der Waals surface area contributed by atoms with Gasteiger partial charge in [-0.3, -0.25) is 4.99 Å². The standard InChI is InChI=1S/C15H32N4S.HI/c1-14(2,12-19(5)6)10-17-13(16-4)18-11-15(3)8-7-9-20-15;/h7-12H2,1-6H3,(H2,16,17,18);1H. The van der Waals surface area contributed by atoms with Crippen molar-refractivity contribution in [3.8, 4) is 0 Å². The molecule has 1 atom stereocenters. The molecular weight excluding hydrogens is 395 g/mol. The van der Waals surface area contributed by atoms with Crippen LogP contribution in [0.25, 0.3) is 0 Å². The largest absolute Gasteiger partial charge is 0.356 e. The van der Waals surface area contributed by atoms with Crippen LogP contribution in [0.1, 0.15) is 33.6 Å². The van der Waals surface area contributed by atoms with Gasteiger partial charge >= 0.3 is 0 Å². The SMILES string of the molecule is CN=C(NCC(C)(C)CN(C)C)NCC1(C)CCCS1.I. The molecule has 0 saturated carbocycles. The van der Waals surface area contributed by atoms with E-state index >= 15 is 0 Å². The molecule has 126 valence electrons. The van der Waals surface area contributed by atoms with Crippen molar-refractivity contribution in [1.29, 1.82) is 0 Å². The van der Waals surface area contributed by atoms with Crippen molar-refractivity contribution in [1.82, 2.24) is 15.5 Å². The van der Waals surface area contributed by atoms with E-state index in [4.69, 9.17) is 0 Å². The zero-order valence-corrected chi connectivity index (χ0v) is 17.6. The predicted octanol–water partition coefficient (Wildman–Crippen LogP) is 2.64. The summed E-state index contributed by atoms with van der Waals surface area (Å²) >= 11 is 2.08. The maximum absolute atomic E-state index is 4.33. The highest BCUT2D eigenvalue weighted by Crippen LogP contribution is 2.36. The highest BCUT2D eigenvalue weighted by molar-refractivity contribution is 14.0. The van der Waals surface area contributed by atoms with Crippen molar-refractivity contribution in [3.63, 3.8) is 0 Å². The Balaban J connectivity index is 0.00000400. The summed E-state index contributed by atoms with van der Waals surface area (Å²) in [5.41, 5.74) is 0.229. The van der Waals surface area contributed by atoms with Crippen LogP contribution in [-0.4, -0.2) is 62.1 Å². The van der Waals surface area contributed by atoms with Gasteiger partial charge in [-0.15, -0.1) is 24.0 Å². The van der Waals surface area contributed by atoms with Crippen LogP contribution in [0.15, 0.2) is 4.99 Å². The number of nitrogens with one attached hydrogen (secondary N) is 2. The van der Waals surface area contributed by atoms with Crippen molar-refractivity contribution in [3.05, 3.63) is 0 Å². The van der Waals surface area contributed by atoms with E-state index in [1.807, 2.05) is 7.05 Å². The molecule has 0 aliphatic carbocycles. The minimum absolute atomic E-state index is 0. The highest BCUT2D eigenvalue weighted by atomic mass is 127. The Hall–Kier alpha value is 0.310. The van der Waals surface area contributed by atoms with Gasteiger partial charge in [-0.1, -0.05) is 13.8 Å². The summed E-state index contributed by atoms with van der Waals surface area (Å²) in [5.74, 6) is 2.21. The second-order valence-corrected chi connectivity index (χ2v) is 8.77. The van der Waals surface area contributed by atoms with E-state index in [9.17, 15) is 0 Å². The molecule has 0 bridgehead atoms. The Bertz CT molecular complexity index is 326. The van der Waals surface area contributed by atoms with Gasteiger partial charge in [-0.2, -0.15) is 11.8 Å². The zero-order valence-electron chi connectivity index (χ0n) is 14.5. The molecule has 1 heterocycles. The summed E-state index contributed by atoms with van der Waals surface area (Å²) in [5, 5.41) is 6.94. The molecule has 1 aliphatic heterocycles. The lowest BCUT2D eigenvalue weighted by atomic mass is 9.93. The summed E-state index contributed by atoms with van der Waals surface area (Å²) in [6.07, 6.45) is 2.64. The number of hydrogen-bond acceptors (Lipinski definition) is 3. The average Bonchev–Trinajstić information content (AvgIpc) is 2.75. The predicted molar refractivity (Wildman–Crippen MR) is 107 cm³/mol. The number of aliphatic imine (C=N–C) groups is 1. The highest BCUT2D eigenvalue weighted by Gasteiger charge is 2.29. The molecule has 2 N–H and O–H groups in total. The first kappa shape index (κ1) is 21.3. The second-order valence-electron chi connectivity index (χ2n) is 7.08. The normalized spacial score (nSPS) is 23.1. The van der Waals surface area contributed by atoms with Gasteiger partial charge in [0.25, 0.3) is 0 Å². The van der Waals surface area contributed by atoms with E-state index < -0.39 is 0 Å². The monoisotopic (exact) mass is 428 g/mol. The molecule has 1 saturated heterocycles. The Kier molecular flexibility index (Phi) is 9.59. The van der Waals surface area contributed by atoms with Crippen LogP contribution >= 0.6 is 35.7 Å². The van der Waals surface area contributed by atoms with Crippen molar-refractivity contribution in [2.45, 2.75) is 38.4 Å². The van der Waals surface area contributed by atoms with Gasteiger partial charge in [0, 0.05) is 31.4 Å². The Morgan fingerprint density at radius 1 is 1.33 bits per heavy atom. The lowest BCUT2D eigenvalue weighted by molar-refractivity contribution is 0.241. The minimum Gasteiger partial charge on any atom is -0.356 e. The average molecular weight is 428 g/mol. The lowest BCUT2D eigenvalue weighted by Crippen LogP contribution is -2.47. The maximum atomic E-state index is 4.33. The molecule has 0 aromatic heterocycles. The first-order valence-corrected chi connectivity index (χ1v) is 8.48. The van der Waals surface area contributed by atoms with Crippen LogP contribution in [0.5, 0.6) is 0 Å². The minimum atomic E-state index is 0. The van der Waals surface area contributed by atoms with Crippen LogP contribution in [0.4, 0.5) is 0 Å². The fraction of sp³-hybridized carbons (Fsp3) is 0.933. The van der Waals surface area contributed by atoms with Gasteiger partial charge < -0.3 is 15.5 Å². The number of hydrogen-bond donors (Lipinski definition) is 2. The van der Waals surface area contributed by atoms with Crippen LogP contribution in [0.2, 0.25) is 0 Å². The molecule has 0 aromatic rings. The summed E-state index contributed by atoms with van der Waals surface area (Å²) in [6.45, 7) is 9.88. The maximum Gasteiger partial charge on any atom is 0.191 e. The molecule has 1 fully saturated rings. The molecule has 21 heavy (non-hydrogen) atoms. The van der Waals surface area contributed by atoms with Crippen LogP contribution in [0, 0.1) is 5.41 Å². The number of halogens is 1. The van der Waals surface area contributed by atoms with E-state index in [-0.39, 0.29) is 29.4 Å². The van der Waals surface area contributed by atoms with E-state index in [0.717, 1.165) is 25.6 Å². The van der Waals surface area contributed by atoms with E-state index in [1.54, 1.807) is 0 Å². The van der Waals surface area contributed by atoms with Gasteiger partial charge in [0.05, 0.1) is 0 Å². The Morgan fingerprint density at radius 3 is 2.48 bits per heavy atom. The number of rotatable bonds is 6. The van der Waals surface area contributed by atoms with Crippen molar-refractivity contribution in [2.24, 2.45) is 10.4 Å². The molecule has 0 radical (unpaired) electrons. The summed E-state index contributed by atoms with van der Waals surface area (Å²) in [7, 11) is 6.08. The molecule has 6 heteroatoms. The van der Waals surface area contributed by atoms with Crippen LogP contribution < -0.4 is 10.6 Å². The first-order chi connectivity index (χ1) is 9.26. The van der Waals surface area contributed by atoms with E-state index in [0.29, 0.717) is 4.75 Å². The molecule has 0 aromatic carbocycles. The number of thioether (sulfide) groups is 1. The Labute approximate surface area is 152 Å². The summed E-state index contributed by atoms with van der Waals surface area (Å²) in [4.78, 5) is 6.56. The molecule has 1 rings (SSSR count). The van der Waals surface area contributed by atoms with Gasteiger partial charge in [-0.05, 0) is 45.0 Å². The third-order valence-electron chi connectivity index (χ3n) is 3.63. The van der Waals surface area contributed by atoms with Gasteiger partial charge in [0.1, 0.15) is 0 Å². The quantitative estimate of drug-likeness (QED) is 0.388. The first-order valence-electron chi connectivity index (χ1n) is 7.50. The van der Waals surface area contributed by atoms with Crippen LogP contribution in [-0.2, 0) is 0 Å². The smallest absolute Gasteiger partial charge is 0.191 e. The fourth-order valence-electron chi connectivity index (χ4n) is 2.70. The van der Waals surface area contributed by atoms with E-state index in [1.165, 1.54) is 18.6 Å². The third-order valence-corrected chi connectivity index (χ3v) is 5.17. The lowest BCUT2D eigenvalue weighted by Gasteiger charge is -2.30. The molecule has 1 unspecified atom stereocenters. The third kappa shape index (κ3) is 8.50. The van der Waals surface area contributed by atoms with Crippen molar-refractivity contribution in [2.75, 3.05) is 46.5 Å². The fourth-order valence-corrected chi connectivity index (χ4v) is 3.95. The van der Waals surface area contributed by atoms with Crippen molar-refractivity contribution >= 4 is 41.7 Å². The molecule has 4 nitrogen and oxygen atoms in total.